The van der Waals surface area contributed by atoms with Gasteiger partial charge in [-0.3, -0.25) is 0 Å². The second kappa shape index (κ2) is 7.81. The quantitative estimate of drug-likeness (QED) is 0.830. The van der Waals surface area contributed by atoms with Crippen molar-refractivity contribution < 1.29 is 9.47 Å². The molecule has 2 atom stereocenters. The van der Waals surface area contributed by atoms with Crippen LogP contribution >= 0.6 is 0 Å². The fourth-order valence-corrected chi connectivity index (χ4v) is 2.92. The summed E-state index contributed by atoms with van der Waals surface area (Å²) in [6.07, 6.45) is 3.57. The summed E-state index contributed by atoms with van der Waals surface area (Å²) < 4.78 is 11.6. The Morgan fingerprint density at radius 1 is 1.33 bits per heavy atom. The van der Waals surface area contributed by atoms with Gasteiger partial charge in [-0.1, -0.05) is 26.8 Å². The number of benzene rings is 1. The zero-order valence-corrected chi connectivity index (χ0v) is 13.8. The largest absolute Gasteiger partial charge is 0.497 e. The third-order valence-electron chi connectivity index (χ3n) is 4.02. The predicted octanol–water partition coefficient (Wildman–Crippen LogP) is 3.72. The Morgan fingerprint density at radius 3 is 2.81 bits per heavy atom. The van der Waals surface area contributed by atoms with E-state index in [1.54, 1.807) is 7.11 Å². The molecule has 3 heteroatoms. The highest BCUT2D eigenvalue weighted by Gasteiger charge is 2.30. The molecule has 1 N–H and O–H groups in total. The summed E-state index contributed by atoms with van der Waals surface area (Å²) in [6, 6.07) is 6.72. The Kier molecular flexibility index (Phi) is 6.07. The van der Waals surface area contributed by atoms with Crippen molar-refractivity contribution in [3.05, 3.63) is 29.3 Å². The molecule has 1 aromatic rings. The van der Waals surface area contributed by atoms with Gasteiger partial charge in [-0.2, -0.15) is 0 Å². The minimum absolute atomic E-state index is 0.263. The number of hydrogen-bond acceptors (Lipinski definition) is 3. The fourth-order valence-electron chi connectivity index (χ4n) is 2.92. The van der Waals surface area contributed by atoms with E-state index < -0.39 is 0 Å². The molecular formula is C18H29NO2. The predicted molar refractivity (Wildman–Crippen MR) is 86.9 cm³/mol. The molecule has 0 saturated carbocycles. The fraction of sp³-hybridized carbons (Fsp3) is 0.667. The van der Waals surface area contributed by atoms with E-state index in [1.807, 2.05) is 0 Å². The van der Waals surface area contributed by atoms with Crippen LogP contribution in [0.1, 0.15) is 50.8 Å². The van der Waals surface area contributed by atoms with Crippen LogP contribution in [0.15, 0.2) is 18.2 Å². The van der Waals surface area contributed by atoms with Crippen molar-refractivity contribution in [3.8, 4) is 5.75 Å². The average Bonchev–Trinajstić information content (AvgIpc) is 2.50. The highest BCUT2D eigenvalue weighted by Crippen LogP contribution is 2.34. The lowest BCUT2D eigenvalue weighted by Gasteiger charge is -2.35. The molecule has 1 aliphatic carbocycles. The maximum Gasteiger partial charge on any atom is 0.119 e. The van der Waals surface area contributed by atoms with Gasteiger partial charge in [0, 0.05) is 6.61 Å². The van der Waals surface area contributed by atoms with Crippen LogP contribution < -0.4 is 10.1 Å². The van der Waals surface area contributed by atoms with E-state index in [1.165, 1.54) is 11.1 Å². The van der Waals surface area contributed by atoms with Gasteiger partial charge in [-0.15, -0.1) is 0 Å². The summed E-state index contributed by atoms with van der Waals surface area (Å²) in [5, 5.41) is 3.67. The van der Waals surface area contributed by atoms with Crippen molar-refractivity contribution in [1.82, 2.24) is 5.32 Å². The van der Waals surface area contributed by atoms with E-state index in [0.717, 1.165) is 38.2 Å². The van der Waals surface area contributed by atoms with E-state index in [2.05, 4.69) is 44.3 Å². The molecule has 0 heterocycles. The van der Waals surface area contributed by atoms with Crippen LogP contribution in [0, 0.1) is 5.92 Å². The summed E-state index contributed by atoms with van der Waals surface area (Å²) in [6.45, 7) is 8.45. The van der Waals surface area contributed by atoms with Crippen molar-refractivity contribution >= 4 is 0 Å². The minimum Gasteiger partial charge on any atom is -0.497 e. The molecule has 0 aliphatic heterocycles. The third kappa shape index (κ3) is 4.21. The van der Waals surface area contributed by atoms with Crippen LogP contribution in [0.4, 0.5) is 0 Å². The summed E-state index contributed by atoms with van der Waals surface area (Å²) in [4.78, 5) is 0. The molecule has 0 saturated heterocycles. The van der Waals surface area contributed by atoms with Gasteiger partial charge in [0.2, 0.25) is 0 Å². The maximum absolute atomic E-state index is 6.18. The second-order valence-electron chi connectivity index (χ2n) is 6.30. The molecule has 0 radical (unpaired) electrons. The maximum atomic E-state index is 6.18. The molecule has 0 aromatic heterocycles. The summed E-state index contributed by atoms with van der Waals surface area (Å²) in [5.41, 5.74) is 2.77. The van der Waals surface area contributed by atoms with Gasteiger partial charge in [0.1, 0.15) is 5.75 Å². The van der Waals surface area contributed by atoms with Gasteiger partial charge >= 0.3 is 0 Å². The van der Waals surface area contributed by atoms with Gasteiger partial charge < -0.3 is 14.8 Å². The zero-order chi connectivity index (χ0) is 15.2. The molecule has 2 unspecified atom stereocenters. The molecule has 2 rings (SSSR count). The molecule has 0 amide bonds. The summed E-state index contributed by atoms with van der Waals surface area (Å²) in [7, 11) is 1.73. The van der Waals surface area contributed by atoms with Gasteiger partial charge in [0.15, 0.2) is 0 Å². The van der Waals surface area contributed by atoms with Gasteiger partial charge in [-0.05, 0) is 55.0 Å². The van der Waals surface area contributed by atoms with Crippen LogP contribution in [-0.2, 0) is 11.2 Å². The molecule has 118 valence electrons. The monoisotopic (exact) mass is 291 g/mol. The molecule has 0 bridgehead atoms. The smallest absolute Gasteiger partial charge is 0.119 e. The van der Waals surface area contributed by atoms with Crippen LogP contribution in [-0.4, -0.2) is 26.4 Å². The first kappa shape index (κ1) is 16.3. The molecule has 0 spiro atoms. The van der Waals surface area contributed by atoms with Crippen LogP contribution in [0.3, 0.4) is 0 Å². The van der Waals surface area contributed by atoms with Gasteiger partial charge in [-0.25, -0.2) is 0 Å². The molecule has 21 heavy (non-hydrogen) atoms. The minimum atomic E-state index is 0.263. The van der Waals surface area contributed by atoms with E-state index in [0.29, 0.717) is 5.92 Å². The average molecular weight is 291 g/mol. The third-order valence-corrected chi connectivity index (χ3v) is 4.02. The normalized spacial score (nSPS) is 21.4. The Labute approximate surface area is 129 Å². The first-order valence-corrected chi connectivity index (χ1v) is 8.17. The number of methoxy groups -OCH3 is 1. The standard InChI is InChI=1S/C18H29NO2/c1-5-10-19-18-16-11-15(20-4)8-6-14(16)7-9-17(18)21-12-13(2)3/h6,8,11,13,17-19H,5,7,9-10,12H2,1-4H3. The van der Waals surface area contributed by atoms with E-state index in [-0.39, 0.29) is 12.1 Å². The van der Waals surface area contributed by atoms with Crippen molar-refractivity contribution in [2.45, 2.75) is 52.2 Å². The number of rotatable bonds is 7. The summed E-state index contributed by atoms with van der Waals surface area (Å²) in [5.74, 6) is 1.50. The van der Waals surface area contributed by atoms with Crippen LogP contribution in [0.25, 0.3) is 0 Å². The molecule has 1 aromatic carbocycles. The number of ether oxygens (including phenoxy) is 2. The second-order valence-corrected chi connectivity index (χ2v) is 6.30. The zero-order valence-electron chi connectivity index (χ0n) is 13.8. The first-order valence-electron chi connectivity index (χ1n) is 8.17. The SMILES string of the molecule is CCCNC1c2cc(OC)ccc2CCC1OCC(C)C. The van der Waals surface area contributed by atoms with E-state index >= 15 is 0 Å². The summed E-state index contributed by atoms with van der Waals surface area (Å²) >= 11 is 0. The molecular weight excluding hydrogens is 262 g/mol. The number of aryl methyl sites for hydroxylation is 1. The number of fused-ring (bicyclic) bond motifs is 1. The lowest BCUT2D eigenvalue weighted by atomic mass is 9.85. The highest BCUT2D eigenvalue weighted by atomic mass is 16.5. The highest BCUT2D eigenvalue weighted by molar-refractivity contribution is 5.40. The van der Waals surface area contributed by atoms with Gasteiger partial charge in [0.05, 0.1) is 19.3 Å². The lowest BCUT2D eigenvalue weighted by molar-refractivity contribution is 0.00182. The Balaban J connectivity index is 2.20. The van der Waals surface area contributed by atoms with Crippen molar-refractivity contribution in [3.63, 3.8) is 0 Å². The molecule has 0 fully saturated rings. The number of nitrogens with one attached hydrogen (secondary N) is 1. The van der Waals surface area contributed by atoms with Crippen molar-refractivity contribution in [2.24, 2.45) is 5.92 Å². The number of hydrogen-bond donors (Lipinski definition) is 1. The topological polar surface area (TPSA) is 30.5 Å². The Hall–Kier alpha value is -1.06. The lowest BCUT2D eigenvalue weighted by Crippen LogP contribution is -2.38. The van der Waals surface area contributed by atoms with Gasteiger partial charge in [0.25, 0.3) is 0 Å². The Morgan fingerprint density at radius 2 is 2.14 bits per heavy atom. The van der Waals surface area contributed by atoms with E-state index in [4.69, 9.17) is 9.47 Å². The molecule has 3 nitrogen and oxygen atoms in total. The molecule has 1 aliphatic rings. The Bertz CT molecular complexity index is 445. The van der Waals surface area contributed by atoms with E-state index in [9.17, 15) is 0 Å². The van der Waals surface area contributed by atoms with Crippen LogP contribution in [0.5, 0.6) is 5.75 Å². The van der Waals surface area contributed by atoms with Crippen molar-refractivity contribution in [2.75, 3.05) is 20.3 Å². The van der Waals surface area contributed by atoms with Crippen LogP contribution in [0.2, 0.25) is 0 Å². The first-order chi connectivity index (χ1) is 10.2. The van der Waals surface area contributed by atoms with Crippen molar-refractivity contribution in [1.29, 1.82) is 0 Å².